The van der Waals surface area contributed by atoms with Gasteiger partial charge in [0, 0.05) is 44.1 Å². The number of nitrogens with zero attached hydrogens (tertiary/aromatic N) is 12. The number of tetrazole rings is 1. The van der Waals surface area contributed by atoms with Crippen molar-refractivity contribution in [3.8, 4) is 22.8 Å². The van der Waals surface area contributed by atoms with Crippen molar-refractivity contribution in [3.05, 3.63) is 60.3 Å². The number of aryl methyl sites for hydroxylation is 1. The molecule has 1 saturated carbocycles. The summed E-state index contributed by atoms with van der Waals surface area (Å²) in [7, 11) is 1.88. The molecule has 2 fully saturated rings. The normalized spacial score (nSPS) is 21.9. The van der Waals surface area contributed by atoms with E-state index in [9.17, 15) is 0 Å². The van der Waals surface area contributed by atoms with E-state index < -0.39 is 0 Å². The van der Waals surface area contributed by atoms with Crippen LogP contribution in [0.5, 0.6) is 11.6 Å². The Morgan fingerprint density at radius 3 is 2.46 bits per heavy atom. The van der Waals surface area contributed by atoms with Crippen molar-refractivity contribution < 1.29 is 14.2 Å². The average Bonchev–Trinajstić information content (AvgIpc) is 3.87. The van der Waals surface area contributed by atoms with E-state index in [0.717, 1.165) is 49.9 Å². The van der Waals surface area contributed by atoms with E-state index in [1.807, 2.05) is 41.5 Å². The molecular weight excluding hydrogens is 662 g/mol. The molecule has 0 unspecified atom stereocenters. The van der Waals surface area contributed by atoms with Crippen LogP contribution in [0, 0.1) is 0 Å². The Balaban J connectivity index is 1.04. The fourth-order valence-corrected chi connectivity index (χ4v) is 6.91. The van der Waals surface area contributed by atoms with Crippen molar-refractivity contribution in [2.45, 2.75) is 90.0 Å². The highest BCUT2D eigenvalue weighted by Gasteiger charge is 2.32. The molecule has 1 N–H and O–H groups in total. The zero-order valence-corrected chi connectivity index (χ0v) is 29.4. The van der Waals surface area contributed by atoms with Crippen molar-refractivity contribution in [3.63, 3.8) is 0 Å². The lowest BCUT2D eigenvalue weighted by molar-refractivity contribution is -0.0852. The molecule has 1 aromatic carbocycles. The summed E-state index contributed by atoms with van der Waals surface area (Å²) in [6, 6.07) is 6.41. The predicted octanol–water partition coefficient (Wildman–Crippen LogP) is 4.49. The van der Waals surface area contributed by atoms with Gasteiger partial charge < -0.3 is 24.1 Å². The molecule has 1 saturated heterocycles. The smallest absolute Gasteiger partial charge is 0.257 e. The molecule has 50 heavy (non-hydrogen) atoms. The van der Waals surface area contributed by atoms with Gasteiger partial charge in [-0.25, -0.2) is 14.6 Å². The molecule has 3 atom stereocenters. The molecule has 17 heteroatoms. The number of benzene rings is 1. The first-order valence-corrected chi connectivity index (χ1v) is 17.4. The summed E-state index contributed by atoms with van der Waals surface area (Å²) >= 11 is 6.47. The van der Waals surface area contributed by atoms with Crippen LogP contribution < -0.4 is 14.8 Å². The molecule has 16 nitrogen and oxygen atoms in total. The van der Waals surface area contributed by atoms with Crippen molar-refractivity contribution in [2.24, 2.45) is 7.05 Å². The largest absolute Gasteiger partial charge is 0.487 e. The van der Waals surface area contributed by atoms with Crippen LogP contribution >= 0.6 is 11.6 Å². The van der Waals surface area contributed by atoms with Gasteiger partial charge >= 0.3 is 0 Å². The molecule has 4 aromatic heterocycles. The Bertz CT molecular complexity index is 1830. The van der Waals surface area contributed by atoms with Crippen LogP contribution in [0.3, 0.4) is 0 Å². The SMILES string of the molecule is C[C@@H]1CN([C@H]2CC[C@H](n3cc(Nc4ncc(-c5ccc(Cl)c(O[C@@H](C)Cn6cnnn6)c5)cn4)c(OCc4nncn4C)n3)CC2)C[C@H](C)O1. The van der Waals surface area contributed by atoms with Gasteiger partial charge in [0.25, 0.3) is 5.88 Å². The molecule has 0 bridgehead atoms. The molecule has 264 valence electrons. The summed E-state index contributed by atoms with van der Waals surface area (Å²) in [6.07, 6.45) is 13.3. The van der Waals surface area contributed by atoms with Gasteiger partial charge in [-0.3, -0.25) is 9.58 Å². The Kier molecular flexibility index (Phi) is 10.2. The molecule has 5 heterocycles. The van der Waals surface area contributed by atoms with Gasteiger partial charge in [0.1, 0.15) is 36.8 Å². The third-order valence-electron chi connectivity index (χ3n) is 9.17. The highest BCUT2D eigenvalue weighted by Crippen LogP contribution is 2.36. The Morgan fingerprint density at radius 2 is 1.76 bits per heavy atom. The fourth-order valence-electron chi connectivity index (χ4n) is 6.75. The molecule has 0 spiro atoms. The summed E-state index contributed by atoms with van der Waals surface area (Å²) in [5.41, 5.74) is 2.35. The maximum atomic E-state index is 6.47. The summed E-state index contributed by atoms with van der Waals surface area (Å²) in [5, 5.41) is 28.1. The van der Waals surface area contributed by atoms with Crippen LogP contribution in [0.15, 0.2) is 49.4 Å². The summed E-state index contributed by atoms with van der Waals surface area (Å²) in [4.78, 5) is 11.8. The van der Waals surface area contributed by atoms with Crippen LogP contribution in [0.25, 0.3) is 11.1 Å². The van der Waals surface area contributed by atoms with Crippen LogP contribution in [0.4, 0.5) is 11.6 Å². The fraction of sp³-hybridized carbons (Fsp3) is 0.515. The molecule has 2 aliphatic rings. The van der Waals surface area contributed by atoms with Gasteiger partial charge in [0.05, 0.1) is 36.0 Å². The minimum Gasteiger partial charge on any atom is -0.487 e. The van der Waals surface area contributed by atoms with E-state index in [1.54, 1.807) is 35.8 Å². The van der Waals surface area contributed by atoms with E-state index in [4.69, 9.17) is 30.9 Å². The van der Waals surface area contributed by atoms with Crippen LogP contribution in [0.2, 0.25) is 5.02 Å². The second-order valence-electron chi connectivity index (χ2n) is 13.2. The van der Waals surface area contributed by atoms with Crippen LogP contribution in [-0.4, -0.2) is 97.1 Å². The van der Waals surface area contributed by atoms with Crippen molar-refractivity contribution in [1.82, 2.24) is 59.6 Å². The standard InChI is InChI=1S/C33H42ClN13O3/c1-21-14-45(15-22(2)49-21)26-6-8-27(9-7-26)47-17-29(32(41-47)48-18-31-40-37-19-44(31)4)39-33-35-12-25(13-36-33)24-5-10-28(34)30(11-24)50-23(3)16-46-20-38-42-43-46/h5,10-13,17,19-23,26-27H,6-9,14-16,18H2,1-4H3,(H,35,36,39)/t21-,22+,23-,26-,27-/m0/s1. The maximum absolute atomic E-state index is 6.47. The Labute approximate surface area is 295 Å². The molecule has 1 aliphatic carbocycles. The number of halogens is 1. The number of aromatic nitrogens is 11. The number of morpholine rings is 1. The molecule has 0 radical (unpaired) electrons. The van der Waals surface area contributed by atoms with Crippen LogP contribution in [-0.2, 0) is 24.9 Å². The third-order valence-corrected chi connectivity index (χ3v) is 9.48. The zero-order valence-electron chi connectivity index (χ0n) is 28.6. The average molecular weight is 704 g/mol. The third kappa shape index (κ3) is 8.03. The lowest BCUT2D eigenvalue weighted by Crippen LogP contribution is -2.51. The lowest BCUT2D eigenvalue weighted by atomic mass is 9.89. The first-order chi connectivity index (χ1) is 24.3. The van der Waals surface area contributed by atoms with E-state index in [1.165, 1.54) is 0 Å². The van der Waals surface area contributed by atoms with E-state index in [0.29, 0.717) is 46.7 Å². The van der Waals surface area contributed by atoms with Gasteiger partial charge in [0.2, 0.25) is 5.95 Å². The number of ether oxygens (including phenoxy) is 3. The monoisotopic (exact) mass is 703 g/mol. The first kappa shape index (κ1) is 33.8. The van der Waals surface area contributed by atoms with E-state index >= 15 is 0 Å². The van der Waals surface area contributed by atoms with Crippen molar-refractivity contribution in [1.29, 1.82) is 0 Å². The Morgan fingerprint density at radius 1 is 1.00 bits per heavy atom. The number of nitrogens with one attached hydrogen (secondary N) is 1. The number of hydrogen-bond donors (Lipinski definition) is 1. The van der Waals surface area contributed by atoms with E-state index in [-0.39, 0.29) is 31.0 Å². The summed E-state index contributed by atoms with van der Waals surface area (Å²) in [5.74, 6) is 2.11. The minimum atomic E-state index is -0.215. The van der Waals surface area contributed by atoms with Gasteiger partial charge in [-0.2, -0.15) is 0 Å². The molecular formula is C33H42ClN13O3. The van der Waals surface area contributed by atoms with E-state index in [2.05, 4.69) is 59.8 Å². The molecule has 7 rings (SSSR count). The van der Waals surface area contributed by atoms with Crippen molar-refractivity contribution >= 4 is 23.2 Å². The lowest BCUT2D eigenvalue weighted by Gasteiger charge is -2.42. The quantitative estimate of drug-likeness (QED) is 0.194. The number of hydrogen-bond acceptors (Lipinski definition) is 13. The minimum absolute atomic E-state index is 0.215. The number of rotatable bonds is 12. The highest BCUT2D eigenvalue weighted by atomic mass is 35.5. The number of anilines is 2. The maximum Gasteiger partial charge on any atom is 0.257 e. The van der Waals surface area contributed by atoms with Gasteiger partial charge in [0.15, 0.2) is 5.82 Å². The zero-order chi connectivity index (χ0) is 34.6. The van der Waals surface area contributed by atoms with Crippen molar-refractivity contribution in [2.75, 3.05) is 18.4 Å². The van der Waals surface area contributed by atoms with Gasteiger partial charge in [-0.15, -0.1) is 20.4 Å². The van der Waals surface area contributed by atoms with Gasteiger partial charge in [-0.1, -0.05) is 17.7 Å². The second-order valence-corrected chi connectivity index (χ2v) is 13.6. The summed E-state index contributed by atoms with van der Waals surface area (Å²) < 4.78 is 23.7. The van der Waals surface area contributed by atoms with Gasteiger partial charge in [-0.05, 0) is 74.6 Å². The molecule has 0 amide bonds. The Hall–Kier alpha value is -4.67. The molecule has 5 aromatic rings. The van der Waals surface area contributed by atoms with Crippen LogP contribution in [0.1, 0.15) is 58.3 Å². The first-order valence-electron chi connectivity index (χ1n) is 17.0. The summed E-state index contributed by atoms with van der Waals surface area (Å²) in [6.45, 7) is 8.94. The highest BCUT2D eigenvalue weighted by molar-refractivity contribution is 6.32. The predicted molar refractivity (Wildman–Crippen MR) is 184 cm³/mol. The topological polar surface area (TPSA) is 161 Å². The molecule has 1 aliphatic heterocycles. The second kappa shape index (κ2) is 15.1.